The predicted octanol–water partition coefficient (Wildman–Crippen LogP) is 3.99. The van der Waals surface area contributed by atoms with E-state index in [0.29, 0.717) is 3.92 Å². The molecule has 0 fully saturated rings. The average molecular weight is 341 g/mol. The van der Waals surface area contributed by atoms with Crippen LogP contribution >= 0.6 is 27.3 Å². The van der Waals surface area contributed by atoms with E-state index in [1.807, 2.05) is 0 Å². The molecule has 0 aliphatic heterocycles. The van der Waals surface area contributed by atoms with Crippen LogP contribution in [0.4, 0.5) is 13.2 Å². The summed E-state index contributed by atoms with van der Waals surface area (Å²) in [5.41, 5.74) is 0. The van der Waals surface area contributed by atoms with E-state index in [4.69, 9.17) is 4.74 Å². The number of hydrogen-bond donors (Lipinski definition) is 0. The van der Waals surface area contributed by atoms with E-state index in [-0.39, 0.29) is 10.9 Å². The first-order valence-electron chi connectivity index (χ1n) is 4.46. The molecule has 18 heavy (non-hydrogen) atoms. The van der Waals surface area contributed by atoms with E-state index in [9.17, 15) is 13.2 Å². The third-order valence-corrected chi connectivity index (χ3v) is 2.89. The number of ether oxygens (including phenoxy) is 2. The predicted molar refractivity (Wildman–Crippen MR) is 60.8 cm³/mol. The fourth-order valence-corrected chi connectivity index (χ4v) is 2.01. The van der Waals surface area contributed by atoms with Gasteiger partial charge in [0.05, 0.1) is 0 Å². The van der Waals surface area contributed by atoms with Crippen molar-refractivity contribution in [3.05, 3.63) is 28.2 Å². The Kier molecular flexibility index (Phi) is 3.71. The largest absolute Gasteiger partial charge is 0.573 e. The lowest BCUT2D eigenvalue weighted by atomic mass is 10.3. The summed E-state index contributed by atoms with van der Waals surface area (Å²) in [7, 11) is 0. The number of aromatic nitrogens is 2. The number of alkyl halides is 3. The maximum Gasteiger partial charge on any atom is 0.573 e. The van der Waals surface area contributed by atoms with Gasteiger partial charge >= 0.3 is 6.36 Å². The molecule has 1 aromatic heterocycles. The van der Waals surface area contributed by atoms with Crippen molar-refractivity contribution in [2.45, 2.75) is 6.36 Å². The van der Waals surface area contributed by atoms with Gasteiger partial charge in [-0.2, -0.15) is 0 Å². The van der Waals surface area contributed by atoms with Crippen molar-refractivity contribution in [2.75, 3.05) is 0 Å². The summed E-state index contributed by atoms with van der Waals surface area (Å²) in [6, 6.07) is 5.42. The van der Waals surface area contributed by atoms with Crippen LogP contribution in [0, 0.1) is 0 Å². The molecule has 1 aromatic carbocycles. The second kappa shape index (κ2) is 5.11. The van der Waals surface area contributed by atoms with E-state index in [2.05, 4.69) is 30.9 Å². The van der Waals surface area contributed by atoms with E-state index in [1.165, 1.54) is 18.2 Å². The van der Waals surface area contributed by atoms with Gasteiger partial charge < -0.3 is 9.47 Å². The summed E-state index contributed by atoms with van der Waals surface area (Å²) in [4.78, 5) is 0. The minimum atomic E-state index is -4.78. The van der Waals surface area contributed by atoms with Gasteiger partial charge in [-0.3, -0.25) is 0 Å². The smallest absolute Gasteiger partial charge is 0.426 e. The van der Waals surface area contributed by atoms with Crippen molar-refractivity contribution in [3.63, 3.8) is 0 Å². The summed E-state index contributed by atoms with van der Waals surface area (Å²) in [5, 5.41) is 7.34. The Hall–Kier alpha value is -1.35. The minimum Gasteiger partial charge on any atom is -0.426 e. The number of nitrogens with zero attached hydrogens (tertiary/aromatic N) is 2. The van der Waals surface area contributed by atoms with E-state index in [1.54, 1.807) is 0 Å². The van der Waals surface area contributed by atoms with Gasteiger partial charge in [-0.05, 0) is 39.4 Å². The molecule has 0 amide bonds. The van der Waals surface area contributed by atoms with Gasteiger partial charge in [-0.15, -0.1) is 18.3 Å². The van der Waals surface area contributed by atoms with Crippen LogP contribution in [0.3, 0.4) is 0 Å². The average Bonchev–Trinajstić information content (AvgIpc) is 2.65. The zero-order chi connectivity index (χ0) is 13.2. The van der Waals surface area contributed by atoms with E-state index < -0.39 is 12.1 Å². The summed E-state index contributed by atoms with van der Waals surface area (Å²) in [6.45, 7) is 0. The lowest BCUT2D eigenvalue weighted by Crippen LogP contribution is -2.17. The van der Waals surface area contributed by atoms with Gasteiger partial charge in [0.1, 0.15) is 0 Å². The summed E-state index contributed by atoms with van der Waals surface area (Å²) >= 11 is 4.11. The normalized spacial score (nSPS) is 11.3. The topological polar surface area (TPSA) is 44.2 Å². The van der Waals surface area contributed by atoms with E-state index >= 15 is 0 Å². The molecular formula is C9H4BrF3N2O2S. The molecule has 0 aliphatic carbocycles. The molecule has 0 N–H and O–H groups in total. The van der Waals surface area contributed by atoms with Crippen molar-refractivity contribution in [1.82, 2.24) is 10.2 Å². The van der Waals surface area contributed by atoms with Crippen LogP contribution in [0.15, 0.2) is 28.2 Å². The second-order valence-corrected chi connectivity index (χ2v) is 5.13. The Balaban J connectivity index is 2.22. The number of halogens is 4. The minimum absolute atomic E-state index is 0.0847. The highest BCUT2D eigenvalue weighted by atomic mass is 79.9. The SMILES string of the molecule is FC(F)(F)Oc1ccccc1Oc1nnc(Br)s1. The van der Waals surface area contributed by atoms with Gasteiger partial charge in [0.25, 0.3) is 5.19 Å². The van der Waals surface area contributed by atoms with Gasteiger partial charge in [0.2, 0.25) is 0 Å². The first-order valence-corrected chi connectivity index (χ1v) is 6.06. The Morgan fingerprint density at radius 2 is 1.78 bits per heavy atom. The van der Waals surface area contributed by atoms with Gasteiger partial charge in [-0.1, -0.05) is 17.2 Å². The zero-order valence-corrected chi connectivity index (χ0v) is 10.8. The molecule has 0 atom stereocenters. The maximum absolute atomic E-state index is 12.2. The van der Waals surface area contributed by atoms with Crippen LogP contribution < -0.4 is 9.47 Å². The summed E-state index contributed by atoms with van der Waals surface area (Å²) in [6.07, 6.45) is -4.78. The third-order valence-electron chi connectivity index (χ3n) is 1.65. The third kappa shape index (κ3) is 3.57. The summed E-state index contributed by atoms with van der Waals surface area (Å²) < 4.78 is 45.9. The number of benzene rings is 1. The Bertz CT molecular complexity index is 547. The molecule has 96 valence electrons. The highest BCUT2D eigenvalue weighted by Crippen LogP contribution is 2.36. The molecule has 0 spiro atoms. The van der Waals surface area contributed by atoms with E-state index in [0.717, 1.165) is 17.4 Å². The molecule has 0 bridgehead atoms. The van der Waals surface area contributed by atoms with Crippen molar-refractivity contribution in [2.24, 2.45) is 0 Å². The molecule has 4 nitrogen and oxygen atoms in total. The van der Waals surface area contributed by atoms with Crippen molar-refractivity contribution >= 4 is 27.3 Å². The van der Waals surface area contributed by atoms with Crippen molar-refractivity contribution < 1.29 is 22.6 Å². The Labute approximate surface area is 111 Å². The fourth-order valence-electron chi connectivity index (χ4n) is 1.07. The molecule has 9 heteroatoms. The molecule has 0 saturated carbocycles. The molecule has 0 radical (unpaired) electrons. The molecule has 0 aliphatic rings. The van der Waals surface area contributed by atoms with Crippen LogP contribution in [0.25, 0.3) is 0 Å². The maximum atomic E-state index is 12.2. The number of para-hydroxylation sites is 2. The van der Waals surface area contributed by atoms with Crippen molar-refractivity contribution in [1.29, 1.82) is 0 Å². The van der Waals surface area contributed by atoms with Gasteiger partial charge in [0.15, 0.2) is 15.4 Å². The van der Waals surface area contributed by atoms with Crippen LogP contribution in [0.1, 0.15) is 0 Å². The van der Waals surface area contributed by atoms with Crippen LogP contribution in [0.5, 0.6) is 16.7 Å². The quantitative estimate of drug-likeness (QED) is 0.847. The standard InChI is InChI=1S/C9H4BrF3N2O2S/c10-7-14-15-8(18-7)16-5-3-1-2-4-6(5)17-9(11,12)13/h1-4H. The Morgan fingerprint density at radius 3 is 2.33 bits per heavy atom. The molecule has 2 aromatic rings. The fraction of sp³-hybridized carbons (Fsp3) is 0.111. The zero-order valence-electron chi connectivity index (χ0n) is 8.44. The van der Waals surface area contributed by atoms with Gasteiger partial charge in [-0.25, -0.2) is 0 Å². The monoisotopic (exact) mass is 340 g/mol. The lowest BCUT2D eigenvalue weighted by molar-refractivity contribution is -0.275. The molecule has 0 unspecified atom stereocenters. The first-order chi connectivity index (χ1) is 8.44. The van der Waals surface area contributed by atoms with Crippen LogP contribution in [0.2, 0.25) is 0 Å². The second-order valence-electron chi connectivity index (χ2n) is 2.92. The number of hydrogen-bond acceptors (Lipinski definition) is 5. The van der Waals surface area contributed by atoms with Crippen molar-refractivity contribution in [3.8, 4) is 16.7 Å². The van der Waals surface area contributed by atoms with Crippen LogP contribution in [-0.4, -0.2) is 16.6 Å². The molecule has 2 rings (SSSR count). The molecule has 1 heterocycles. The summed E-state index contributed by atoms with van der Waals surface area (Å²) in [5.74, 6) is -0.519. The first kappa shape index (κ1) is 13.1. The Morgan fingerprint density at radius 1 is 1.11 bits per heavy atom. The molecular weight excluding hydrogens is 337 g/mol. The number of rotatable bonds is 3. The highest BCUT2D eigenvalue weighted by Gasteiger charge is 2.32. The molecule has 0 saturated heterocycles. The van der Waals surface area contributed by atoms with Gasteiger partial charge in [0, 0.05) is 0 Å². The lowest BCUT2D eigenvalue weighted by Gasteiger charge is -2.11. The van der Waals surface area contributed by atoms with Crippen LogP contribution in [-0.2, 0) is 0 Å². The highest BCUT2D eigenvalue weighted by molar-refractivity contribution is 9.11.